The van der Waals surface area contributed by atoms with Crippen molar-refractivity contribution in [2.45, 2.75) is 38.5 Å². The molecule has 0 saturated heterocycles. The number of nitrogens with zero attached hydrogens (tertiary/aromatic N) is 1. The van der Waals surface area contributed by atoms with Crippen LogP contribution in [0.25, 0.3) is 0 Å². The van der Waals surface area contributed by atoms with E-state index < -0.39 is 10.0 Å². The number of hydrogen-bond acceptors (Lipinski definition) is 3. The van der Waals surface area contributed by atoms with E-state index in [1.165, 1.54) is 22.7 Å². The Hall–Kier alpha value is -1.66. The molecule has 1 aromatic rings. The first-order chi connectivity index (χ1) is 11.9. The van der Waals surface area contributed by atoms with Crippen LogP contribution in [0.3, 0.4) is 0 Å². The first-order valence-corrected chi connectivity index (χ1v) is 10.7. The number of rotatable bonds is 9. The molecule has 138 valence electrons. The van der Waals surface area contributed by atoms with Crippen molar-refractivity contribution in [1.82, 2.24) is 9.62 Å². The van der Waals surface area contributed by atoms with Crippen molar-refractivity contribution in [1.29, 1.82) is 0 Å². The number of carbonyl (C=O) groups excluding carboxylic acids is 1. The predicted molar refractivity (Wildman–Crippen MR) is 101 cm³/mol. The third kappa shape index (κ3) is 7.40. The molecule has 0 unspecified atom stereocenters. The fraction of sp³-hybridized carbons (Fsp3) is 0.526. The Morgan fingerprint density at radius 3 is 2.56 bits per heavy atom. The molecule has 0 aliphatic heterocycles. The van der Waals surface area contributed by atoms with E-state index in [0.717, 1.165) is 31.1 Å². The molecule has 2 rings (SSSR count). The summed E-state index contributed by atoms with van der Waals surface area (Å²) in [6, 6.07) is 9.68. The van der Waals surface area contributed by atoms with Crippen molar-refractivity contribution in [2.24, 2.45) is 0 Å². The molecular weight excluding hydrogens is 336 g/mol. The third-order valence-electron chi connectivity index (χ3n) is 4.43. The molecule has 0 atom stereocenters. The Balaban J connectivity index is 1.79. The molecule has 1 aliphatic rings. The van der Waals surface area contributed by atoms with Gasteiger partial charge in [-0.05, 0) is 44.1 Å². The minimum absolute atomic E-state index is 0.120. The molecule has 0 bridgehead atoms. The molecule has 1 aliphatic carbocycles. The van der Waals surface area contributed by atoms with E-state index in [-0.39, 0.29) is 12.5 Å². The highest BCUT2D eigenvalue weighted by Crippen LogP contribution is 2.19. The molecule has 0 radical (unpaired) electrons. The zero-order valence-electron chi connectivity index (χ0n) is 14.9. The minimum Gasteiger partial charge on any atom is -0.355 e. The Kier molecular flexibility index (Phi) is 7.65. The predicted octanol–water partition coefficient (Wildman–Crippen LogP) is 2.50. The van der Waals surface area contributed by atoms with E-state index in [4.69, 9.17) is 0 Å². The van der Waals surface area contributed by atoms with Crippen molar-refractivity contribution >= 4 is 15.9 Å². The van der Waals surface area contributed by atoms with E-state index in [2.05, 4.69) is 11.4 Å². The summed E-state index contributed by atoms with van der Waals surface area (Å²) in [7, 11) is -3.41. The van der Waals surface area contributed by atoms with Crippen LogP contribution >= 0.6 is 0 Å². The number of nitrogens with one attached hydrogen (secondary N) is 1. The maximum atomic E-state index is 12.1. The van der Waals surface area contributed by atoms with Gasteiger partial charge in [0, 0.05) is 13.1 Å². The Labute approximate surface area is 151 Å². The summed E-state index contributed by atoms with van der Waals surface area (Å²) in [5.74, 6) is -0.241. The van der Waals surface area contributed by atoms with Gasteiger partial charge in [0.2, 0.25) is 15.9 Å². The number of hydrogen-bond donors (Lipinski definition) is 1. The van der Waals surface area contributed by atoms with Crippen LogP contribution in [-0.2, 0) is 21.2 Å². The van der Waals surface area contributed by atoms with E-state index in [1.54, 1.807) is 0 Å². The molecule has 1 aromatic carbocycles. The maximum absolute atomic E-state index is 12.1. The minimum atomic E-state index is -3.41. The highest BCUT2D eigenvalue weighted by molar-refractivity contribution is 7.88. The van der Waals surface area contributed by atoms with Gasteiger partial charge in [-0.1, -0.05) is 42.0 Å². The van der Waals surface area contributed by atoms with Crippen LogP contribution < -0.4 is 5.32 Å². The van der Waals surface area contributed by atoms with Gasteiger partial charge in [-0.25, -0.2) is 8.42 Å². The van der Waals surface area contributed by atoms with Crippen molar-refractivity contribution in [3.8, 4) is 0 Å². The van der Waals surface area contributed by atoms with Crippen molar-refractivity contribution in [3.05, 3.63) is 47.5 Å². The summed E-state index contributed by atoms with van der Waals surface area (Å²) in [5, 5.41) is 2.84. The molecule has 1 amide bonds. The summed E-state index contributed by atoms with van der Waals surface area (Å²) in [6.45, 7) is 0.757. The van der Waals surface area contributed by atoms with Gasteiger partial charge >= 0.3 is 0 Å². The molecule has 0 fully saturated rings. The van der Waals surface area contributed by atoms with Gasteiger partial charge < -0.3 is 5.32 Å². The summed E-state index contributed by atoms with van der Waals surface area (Å²) in [6.07, 6.45) is 9.58. The average Bonchev–Trinajstić information content (AvgIpc) is 2.59. The summed E-state index contributed by atoms with van der Waals surface area (Å²) in [4.78, 5) is 12.1. The second-order valence-corrected chi connectivity index (χ2v) is 8.52. The van der Waals surface area contributed by atoms with Gasteiger partial charge in [-0.3, -0.25) is 4.79 Å². The van der Waals surface area contributed by atoms with E-state index >= 15 is 0 Å². The first kappa shape index (κ1) is 19.7. The normalized spacial score (nSPS) is 15.0. The highest BCUT2D eigenvalue weighted by atomic mass is 32.2. The van der Waals surface area contributed by atoms with Crippen LogP contribution in [0.1, 0.15) is 37.7 Å². The Bertz CT molecular complexity index is 684. The molecule has 6 heteroatoms. The quantitative estimate of drug-likeness (QED) is 0.685. The van der Waals surface area contributed by atoms with Gasteiger partial charge in [0.25, 0.3) is 0 Å². The molecule has 0 heterocycles. The van der Waals surface area contributed by atoms with Gasteiger partial charge in [-0.15, -0.1) is 0 Å². The van der Waals surface area contributed by atoms with Crippen molar-refractivity contribution < 1.29 is 13.2 Å². The second kappa shape index (κ2) is 9.73. The second-order valence-electron chi connectivity index (χ2n) is 6.54. The molecule has 1 N–H and O–H groups in total. The van der Waals surface area contributed by atoms with Crippen LogP contribution in [0.4, 0.5) is 0 Å². The lowest BCUT2D eigenvalue weighted by molar-refractivity contribution is -0.121. The average molecular weight is 365 g/mol. The fourth-order valence-electron chi connectivity index (χ4n) is 2.97. The molecule has 25 heavy (non-hydrogen) atoms. The van der Waals surface area contributed by atoms with E-state index in [0.29, 0.717) is 19.5 Å². The SMILES string of the molecule is CS(=O)(=O)N(CCc1ccccc1)CC(=O)NCCC1=CCCCC1. The Morgan fingerprint density at radius 2 is 1.92 bits per heavy atom. The van der Waals surface area contributed by atoms with Crippen molar-refractivity contribution in [2.75, 3.05) is 25.9 Å². The van der Waals surface area contributed by atoms with Gasteiger partial charge in [0.1, 0.15) is 0 Å². The van der Waals surface area contributed by atoms with Crippen molar-refractivity contribution in [3.63, 3.8) is 0 Å². The number of amides is 1. The van der Waals surface area contributed by atoms with Gasteiger partial charge in [-0.2, -0.15) is 4.31 Å². The fourth-order valence-corrected chi connectivity index (χ4v) is 3.75. The van der Waals surface area contributed by atoms with Crippen LogP contribution in [0.2, 0.25) is 0 Å². The number of carbonyl (C=O) groups is 1. The first-order valence-electron chi connectivity index (χ1n) is 8.89. The molecule has 5 nitrogen and oxygen atoms in total. The summed E-state index contributed by atoms with van der Waals surface area (Å²) >= 11 is 0. The monoisotopic (exact) mass is 364 g/mol. The molecule has 0 spiro atoms. The zero-order valence-corrected chi connectivity index (χ0v) is 15.7. The summed E-state index contributed by atoms with van der Waals surface area (Å²) in [5.41, 5.74) is 2.45. The van der Waals surface area contributed by atoms with Crippen LogP contribution in [-0.4, -0.2) is 44.5 Å². The molecule has 0 saturated carbocycles. The van der Waals surface area contributed by atoms with Gasteiger partial charge in [0.05, 0.1) is 12.8 Å². The van der Waals surface area contributed by atoms with Crippen LogP contribution in [0.15, 0.2) is 42.0 Å². The lowest BCUT2D eigenvalue weighted by atomic mass is 9.97. The van der Waals surface area contributed by atoms with Crippen LogP contribution in [0.5, 0.6) is 0 Å². The highest BCUT2D eigenvalue weighted by Gasteiger charge is 2.19. The lowest BCUT2D eigenvalue weighted by Gasteiger charge is -2.20. The Morgan fingerprint density at radius 1 is 1.16 bits per heavy atom. The largest absolute Gasteiger partial charge is 0.355 e. The zero-order chi connectivity index (χ0) is 18.1. The number of benzene rings is 1. The number of allylic oxidation sites excluding steroid dienone is 1. The standard InChI is InChI=1S/C19H28N2O3S/c1-25(23,24)21(15-13-18-10-6-3-7-11-18)16-19(22)20-14-12-17-8-4-2-5-9-17/h3,6-8,10-11H,2,4-5,9,12-16H2,1H3,(H,20,22). The van der Waals surface area contributed by atoms with Crippen LogP contribution in [0, 0.1) is 0 Å². The topological polar surface area (TPSA) is 66.5 Å². The van der Waals surface area contributed by atoms with E-state index in [1.807, 2.05) is 30.3 Å². The molecular formula is C19H28N2O3S. The summed E-state index contributed by atoms with van der Waals surface area (Å²) < 4.78 is 25.1. The van der Waals surface area contributed by atoms with Gasteiger partial charge in [0.15, 0.2) is 0 Å². The maximum Gasteiger partial charge on any atom is 0.235 e. The lowest BCUT2D eigenvalue weighted by Crippen LogP contribution is -2.41. The third-order valence-corrected chi connectivity index (χ3v) is 5.68. The smallest absolute Gasteiger partial charge is 0.235 e. The van der Waals surface area contributed by atoms with E-state index in [9.17, 15) is 13.2 Å². The number of sulfonamides is 1. The molecule has 0 aromatic heterocycles.